The highest BCUT2D eigenvalue weighted by molar-refractivity contribution is 5.20. The van der Waals surface area contributed by atoms with Crippen molar-refractivity contribution >= 4 is 0 Å². The molecular formula is C15H26N2O. The van der Waals surface area contributed by atoms with Crippen LogP contribution in [0.3, 0.4) is 0 Å². The van der Waals surface area contributed by atoms with Crippen LogP contribution in [0.5, 0.6) is 0 Å². The monoisotopic (exact) mass is 250 g/mol. The highest BCUT2D eigenvalue weighted by Crippen LogP contribution is 2.33. The summed E-state index contributed by atoms with van der Waals surface area (Å²) in [5, 5.41) is 7.69. The van der Waals surface area contributed by atoms with Crippen LogP contribution in [0.15, 0.2) is 4.52 Å². The third kappa shape index (κ3) is 3.35. The van der Waals surface area contributed by atoms with E-state index in [1.807, 2.05) is 13.8 Å². The van der Waals surface area contributed by atoms with Crippen molar-refractivity contribution in [1.29, 1.82) is 0 Å². The molecule has 0 bridgehead atoms. The molecule has 1 atom stereocenters. The Balaban J connectivity index is 1.87. The zero-order valence-corrected chi connectivity index (χ0v) is 12.2. The molecule has 3 heteroatoms. The number of aryl methyl sites for hydroxylation is 2. The Labute approximate surface area is 110 Å². The van der Waals surface area contributed by atoms with Gasteiger partial charge in [-0.15, -0.1) is 0 Å². The summed E-state index contributed by atoms with van der Waals surface area (Å²) in [5.41, 5.74) is 2.78. The summed E-state index contributed by atoms with van der Waals surface area (Å²) in [6.45, 7) is 9.69. The summed E-state index contributed by atoms with van der Waals surface area (Å²) in [7, 11) is 0. The quantitative estimate of drug-likeness (QED) is 0.830. The molecule has 18 heavy (non-hydrogen) atoms. The molecule has 0 radical (unpaired) electrons. The van der Waals surface area contributed by atoms with Crippen molar-refractivity contribution in [3.63, 3.8) is 0 Å². The van der Waals surface area contributed by atoms with Crippen molar-refractivity contribution in [3.05, 3.63) is 17.0 Å². The van der Waals surface area contributed by atoms with Gasteiger partial charge in [0, 0.05) is 18.2 Å². The van der Waals surface area contributed by atoms with Gasteiger partial charge in [-0.2, -0.15) is 0 Å². The van der Waals surface area contributed by atoms with Crippen LogP contribution in [0.1, 0.15) is 63.0 Å². The average Bonchev–Trinajstić information content (AvgIpc) is 2.52. The first kappa shape index (κ1) is 13.6. The molecule has 3 nitrogen and oxygen atoms in total. The summed E-state index contributed by atoms with van der Waals surface area (Å²) in [4.78, 5) is 0. The van der Waals surface area contributed by atoms with E-state index in [2.05, 4.69) is 24.3 Å². The molecule has 1 aliphatic carbocycles. The molecule has 0 aromatic carbocycles. The molecule has 102 valence electrons. The second kappa shape index (κ2) is 5.43. The van der Waals surface area contributed by atoms with Crippen molar-refractivity contribution in [1.82, 2.24) is 10.5 Å². The van der Waals surface area contributed by atoms with Crippen LogP contribution < -0.4 is 5.32 Å². The molecule has 1 heterocycles. The summed E-state index contributed by atoms with van der Waals surface area (Å²) in [6.07, 6.45) is 6.61. The maximum absolute atomic E-state index is 5.20. The van der Waals surface area contributed by atoms with E-state index in [9.17, 15) is 0 Å². The Morgan fingerprint density at radius 2 is 2.06 bits per heavy atom. The van der Waals surface area contributed by atoms with Gasteiger partial charge in [0.05, 0.1) is 5.69 Å². The van der Waals surface area contributed by atoms with Crippen LogP contribution in [0.4, 0.5) is 0 Å². The van der Waals surface area contributed by atoms with Crippen LogP contribution in [-0.4, -0.2) is 11.2 Å². The van der Waals surface area contributed by atoms with E-state index in [4.69, 9.17) is 4.52 Å². The number of hydrogen-bond acceptors (Lipinski definition) is 3. The van der Waals surface area contributed by atoms with Crippen molar-refractivity contribution in [2.45, 2.75) is 72.4 Å². The highest BCUT2D eigenvalue weighted by Gasteiger charge is 2.24. The van der Waals surface area contributed by atoms with Gasteiger partial charge >= 0.3 is 0 Å². The van der Waals surface area contributed by atoms with E-state index in [0.29, 0.717) is 11.5 Å². The first-order valence-corrected chi connectivity index (χ1v) is 7.13. The lowest BCUT2D eigenvalue weighted by Gasteiger charge is -2.22. The minimum Gasteiger partial charge on any atom is -0.361 e. The summed E-state index contributed by atoms with van der Waals surface area (Å²) < 4.78 is 5.20. The molecular weight excluding hydrogens is 224 g/mol. The molecule has 0 amide bonds. The van der Waals surface area contributed by atoms with Crippen LogP contribution in [0.2, 0.25) is 0 Å². The Morgan fingerprint density at radius 3 is 2.72 bits per heavy atom. The van der Waals surface area contributed by atoms with Gasteiger partial charge in [0.1, 0.15) is 5.76 Å². The lowest BCUT2D eigenvalue weighted by Crippen LogP contribution is -2.28. The Morgan fingerprint density at radius 1 is 1.28 bits per heavy atom. The lowest BCUT2D eigenvalue weighted by atomic mass is 9.85. The zero-order chi connectivity index (χ0) is 13.2. The van der Waals surface area contributed by atoms with Gasteiger partial charge in [-0.1, -0.05) is 25.4 Å². The van der Waals surface area contributed by atoms with Crippen molar-refractivity contribution < 1.29 is 4.52 Å². The van der Waals surface area contributed by atoms with E-state index < -0.39 is 0 Å². The van der Waals surface area contributed by atoms with Crippen LogP contribution in [0.25, 0.3) is 0 Å². The second-order valence-electron chi connectivity index (χ2n) is 6.48. The smallest absolute Gasteiger partial charge is 0.138 e. The normalized spacial score (nSPS) is 23.9. The molecule has 0 spiro atoms. The molecule has 1 aliphatic rings. The van der Waals surface area contributed by atoms with Gasteiger partial charge < -0.3 is 9.84 Å². The van der Waals surface area contributed by atoms with Gasteiger partial charge in [0.15, 0.2) is 0 Å². The molecule has 1 fully saturated rings. The van der Waals surface area contributed by atoms with Gasteiger partial charge in [-0.3, -0.25) is 0 Å². The summed E-state index contributed by atoms with van der Waals surface area (Å²) >= 11 is 0. The fourth-order valence-electron chi connectivity index (χ4n) is 2.87. The van der Waals surface area contributed by atoms with Gasteiger partial charge in [0.25, 0.3) is 0 Å². The van der Waals surface area contributed by atoms with E-state index in [0.717, 1.165) is 18.0 Å². The van der Waals surface area contributed by atoms with Crippen LogP contribution in [0, 0.1) is 19.3 Å². The lowest BCUT2D eigenvalue weighted by molar-refractivity contribution is 0.309. The van der Waals surface area contributed by atoms with Crippen molar-refractivity contribution in [3.8, 4) is 0 Å². The van der Waals surface area contributed by atoms with E-state index in [-0.39, 0.29) is 0 Å². The molecule has 1 unspecified atom stereocenters. The first-order chi connectivity index (χ1) is 8.48. The minimum atomic E-state index is 0.527. The van der Waals surface area contributed by atoms with E-state index in [1.165, 1.54) is 37.7 Å². The largest absolute Gasteiger partial charge is 0.361 e. The number of rotatable bonds is 3. The fraction of sp³-hybridized carbons (Fsp3) is 0.800. The van der Waals surface area contributed by atoms with Crippen molar-refractivity contribution in [2.24, 2.45) is 5.41 Å². The molecule has 1 aromatic heterocycles. The third-order valence-electron chi connectivity index (χ3n) is 4.32. The van der Waals surface area contributed by atoms with Gasteiger partial charge in [-0.05, 0) is 44.9 Å². The van der Waals surface area contributed by atoms with Gasteiger partial charge in [-0.25, -0.2) is 0 Å². The predicted octanol–water partition coefficient (Wildman–Crippen LogP) is 3.74. The van der Waals surface area contributed by atoms with E-state index >= 15 is 0 Å². The molecule has 1 N–H and O–H groups in total. The maximum Gasteiger partial charge on any atom is 0.138 e. The predicted molar refractivity (Wildman–Crippen MR) is 73.5 cm³/mol. The Kier molecular flexibility index (Phi) is 4.10. The molecule has 0 aliphatic heterocycles. The second-order valence-corrected chi connectivity index (χ2v) is 6.48. The number of nitrogens with one attached hydrogen (secondary N) is 1. The fourth-order valence-corrected chi connectivity index (χ4v) is 2.87. The number of nitrogens with zero attached hydrogens (tertiary/aromatic N) is 1. The number of aromatic nitrogens is 1. The summed E-state index contributed by atoms with van der Waals surface area (Å²) in [6, 6.07) is 0.653. The SMILES string of the molecule is Cc1noc(C)c1CNC1CCCC(C)(C)CC1. The van der Waals surface area contributed by atoms with E-state index in [1.54, 1.807) is 0 Å². The first-order valence-electron chi connectivity index (χ1n) is 7.13. The third-order valence-corrected chi connectivity index (χ3v) is 4.32. The number of hydrogen-bond donors (Lipinski definition) is 1. The highest BCUT2D eigenvalue weighted by atomic mass is 16.5. The van der Waals surface area contributed by atoms with Gasteiger partial charge in [0.2, 0.25) is 0 Å². The Bertz CT molecular complexity index is 376. The molecule has 2 rings (SSSR count). The topological polar surface area (TPSA) is 38.1 Å². The molecule has 0 saturated heterocycles. The maximum atomic E-state index is 5.20. The zero-order valence-electron chi connectivity index (χ0n) is 12.2. The molecule has 1 aromatic rings. The molecule has 1 saturated carbocycles. The standard InChI is InChI=1S/C15H26N2O/c1-11-14(12(2)18-17-11)10-16-13-6-5-8-15(3,4)9-7-13/h13,16H,5-10H2,1-4H3. The average molecular weight is 250 g/mol. The van der Waals surface area contributed by atoms with Crippen LogP contribution in [-0.2, 0) is 6.54 Å². The summed E-state index contributed by atoms with van der Waals surface area (Å²) in [5.74, 6) is 0.953. The minimum absolute atomic E-state index is 0.527. The Hall–Kier alpha value is -0.830. The van der Waals surface area contributed by atoms with Crippen LogP contribution >= 0.6 is 0 Å². The van der Waals surface area contributed by atoms with Crippen molar-refractivity contribution in [2.75, 3.05) is 0 Å².